The molecule has 0 spiro atoms. The second kappa shape index (κ2) is 8.76. The van der Waals surface area contributed by atoms with Crippen LogP contribution in [0.5, 0.6) is 5.75 Å². The number of halogens is 2. The zero-order valence-corrected chi connectivity index (χ0v) is 16.1. The summed E-state index contributed by atoms with van der Waals surface area (Å²) in [7, 11) is 0. The Hall–Kier alpha value is -1.75. The first kappa shape index (κ1) is 19.0. The first-order chi connectivity index (χ1) is 12.5. The smallest absolute Gasteiger partial charge is 0.267 e. The average molecular weight is 393 g/mol. The highest BCUT2D eigenvalue weighted by atomic mass is 35.5. The molecule has 2 aromatic carbocycles. The molecule has 0 aliphatic carbocycles. The summed E-state index contributed by atoms with van der Waals surface area (Å²) in [5.74, 6) is 0.462. The molecule has 0 saturated carbocycles. The van der Waals surface area contributed by atoms with Crippen molar-refractivity contribution < 1.29 is 9.53 Å². The number of nitrogens with one attached hydrogen (secondary N) is 1. The standard InChI is InChI=1S/C20H22Cl2N2O2/c1-14(26-19-9-3-6-16(22)12-19)20(25)24(13-17-7-4-10-23-17)18-8-2-5-15(21)11-18/h2-3,5-6,8-9,11-12,14,17,23H,4,7,10,13H2,1H3/t14-,17?/m1/s1. The molecule has 3 rings (SSSR count). The van der Waals surface area contributed by atoms with Crippen LogP contribution in [-0.4, -0.2) is 31.1 Å². The van der Waals surface area contributed by atoms with E-state index in [0.717, 1.165) is 25.1 Å². The lowest BCUT2D eigenvalue weighted by Gasteiger charge is -2.29. The van der Waals surface area contributed by atoms with Gasteiger partial charge < -0.3 is 15.0 Å². The average Bonchev–Trinajstić information content (AvgIpc) is 3.12. The van der Waals surface area contributed by atoms with Crippen LogP contribution in [0.2, 0.25) is 10.0 Å². The van der Waals surface area contributed by atoms with Gasteiger partial charge in [0, 0.05) is 28.3 Å². The minimum atomic E-state index is -0.645. The highest BCUT2D eigenvalue weighted by Gasteiger charge is 2.27. The largest absolute Gasteiger partial charge is 0.481 e. The zero-order valence-electron chi connectivity index (χ0n) is 14.6. The molecule has 1 heterocycles. The van der Waals surface area contributed by atoms with E-state index in [2.05, 4.69) is 5.32 Å². The van der Waals surface area contributed by atoms with Crippen LogP contribution in [0.15, 0.2) is 48.5 Å². The molecule has 1 aliphatic rings. The first-order valence-corrected chi connectivity index (χ1v) is 9.51. The molecule has 1 unspecified atom stereocenters. The topological polar surface area (TPSA) is 41.6 Å². The molecule has 138 valence electrons. The molecular weight excluding hydrogens is 371 g/mol. The Morgan fingerprint density at radius 3 is 2.62 bits per heavy atom. The van der Waals surface area contributed by atoms with Crippen LogP contribution in [0.25, 0.3) is 0 Å². The third-order valence-electron chi connectivity index (χ3n) is 4.41. The highest BCUT2D eigenvalue weighted by Crippen LogP contribution is 2.24. The summed E-state index contributed by atoms with van der Waals surface area (Å²) in [6.07, 6.45) is 1.53. The van der Waals surface area contributed by atoms with Gasteiger partial charge in [-0.15, -0.1) is 0 Å². The third kappa shape index (κ3) is 4.91. The van der Waals surface area contributed by atoms with Gasteiger partial charge in [-0.25, -0.2) is 0 Å². The summed E-state index contributed by atoms with van der Waals surface area (Å²) in [6, 6.07) is 14.7. The van der Waals surface area contributed by atoms with Crippen molar-refractivity contribution in [1.82, 2.24) is 5.32 Å². The van der Waals surface area contributed by atoms with Crippen LogP contribution >= 0.6 is 23.2 Å². The van der Waals surface area contributed by atoms with Crippen molar-refractivity contribution in [2.75, 3.05) is 18.0 Å². The van der Waals surface area contributed by atoms with E-state index in [0.29, 0.717) is 22.3 Å². The number of hydrogen-bond acceptors (Lipinski definition) is 3. The molecular formula is C20H22Cl2N2O2. The van der Waals surface area contributed by atoms with Gasteiger partial charge in [-0.2, -0.15) is 0 Å². The fourth-order valence-electron chi connectivity index (χ4n) is 3.11. The molecule has 1 amide bonds. The third-order valence-corrected chi connectivity index (χ3v) is 4.88. The minimum absolute atomic E-state index is 0.110. The van der Waals surface area contributed by atoms with E-state index in [-0.39, 0.29) is 11.9 Å². The maximum atomic E-state index is 13.1. The normalized spacial score (nSPS) is 17.7. The molecule has 0 aromatic heterocycles. The van der Waals surface area contributed by atoms with Gasteiger partial charge in [-0.05, 0) is 62.7 Å². The van der Waals surface area contributed by atoms with Gasteiger partial charge in [0.1, 0.15) is 5.75 Å². The van der Waals surface area contributed by atoms with Crippen LogP contribution < -0.4 is 15.0 Å². The van der Waals surface area contributed by atoms with Crippen molar-refractivity contribution in [3.05, 3.63) is 58.6 Å². The summed E-state index contributed by atoms with van der Waals surface area (Å²) in [6.45, 7) is 3.32. The Balaban J connectivity index is 1.78. The van der Waals surface area contributed by atoms with Gasteiger partial charge in [0.25, 0.3) is 5.91 Å². The summed E-state index contributed by atoms with van der Waals surface area (Å²) in [4.78, 5) is 14.9. The minimum Gasteiger partial charge on any atom is -0.481 e. The highest BCUT2D eigenvalue weighted by molar-refractivity contribution is 6.31. The molecule has 1 N–H and O–H groups in total. The SMILES string of the molecule is C[C@@H](Oc1cccc(Cl)c1)C(=O)N(CC1CCCN1)c1cccc(Cl)c1. The molecule has 2 aromatic rings. The number of anilines is 1. The maximum Gasteiger partial charge on any atom is 0.267 e. The van der Waals surface area contributed by atoms with E-state index in [1.807, 2.05) is 12.1 Å². The van der Waals surface area contributed by atoms with Crippen LogP contribution in [0, 0.1) is 0 Å². The quantitative estimate of drug-likeness (QED) is 0.783. The van der Waals surface area contributed by atoms with Gasteiger partial charge in [-0.3, -0.25) is 4.79 Å². The monoisotopic (exact) mass is 392 g/mol. The van der Waals surface area contributed by atoms with Crippen molar-refractivity contribution >= 4 is 34.8 Å². The van der Waals surface area contributed by atoms with Gasteiger partial charge in [-0.1, -0.05) is 35.3 Å². The van der Waals surface area contributed by atoms with Crippen LogP contribution in [0.1, 0.15) is 19.8 Å². The van der Waals surface area contributed by atoms with Crippen molar-refractivity contribution in [3.63, 3.8) is 0 Å². The number of carbonyl (C=O) groups is 1. The van der Waals surface area contributed by atoms with Crippen molar-refractivity contribution in [2.24, 2.45) is 0 Å². The van der Waals surface area contributed by atoms with Gasteiger partial charge in [0.05, 0.1) is 0 Å². The molecule has 1 fully saturated rings. The molecule has 0 radical (unpaired) electrons. The molecule has 2 atom stereocenters. The predicted molar refractivity (Wildman–Crippen MR) is 106 cm³/mol. The Morgan fingerprint density at radius 2 is 1.96 bits per heavy atom. The molecule has 4 nitrogen and oxygen atoms in total. The lowest BCUT2D eigenvalue weighted by atomic mass is 10.1. The Labute approximate surface area is 164 Å². The predicted octanol–water partition coefficient (Wildman–Crippen LogP) is 4.55. The van der Waals surface area contributed by atoms with Crippen LogP contribution in [-0.2, 0) is 4.79 Å². The lowest BCUT2D eigenvalue weighted by molar-refractivity contribution is -0.124. The van der Waals surface area contributed by atoms with Crippen molar-refractivity contribution in [1.29, 1.82) is 0 Å². The van der Waals surface area contributed by atoms with Gasteiger partial charge in [0.2, 0.25) is 0 Å². The van der Waals surface area contributed by atoms with Gasteiger partial charge in [0.15, 0.2) is 6.10 Å². The Morgan fingerprint density at radius 1 is 1.23 bits per heavy atom. The van der Waals surface area contributed by atoms with E-state index in [1.165, 1.54) is 0 Å². The molecule has 0 bridgehead atoms. The summed E-state index contributed by atoms with van der Waals surface area (Å²) in [5, 5.41) is 4.61. The van der Waals surface area contributed by atoms with Crippen LogP contribution in [0.4, 0.5) is 5.69 Å². The zero-order chi connectivity index (χ0) is 18.5. The van der Waals surface area contributed by atoms with Crippen molar-refractivity contribution in [3.8, 4) is 5.75 Å². The first-order valence-electron chi connectivity index (χ1n) is 8.75. The van der Waals surface area contributed by atoms with E-state index >= 15 is 0 Å². The summed E-state index contributed by atoms with van der Waals surface area (Å²) >= 11 is 12.1. The van der Waals surface area contributed by atoms with E-state index in [9.17, 15) is 4.79 Å². The molecule has 1 saturated heterocycles. The maximum absolute atomic E-state index is 13.1. The number of ether oxygens (including phenoxy) is 1. The number of hydrogen-bond donors (Lipinski definition) is 1. The number of carbonyl (C=O) groups excluding carboxylic acids is 1. The summed E-state index contributed by atoms with van der Waals surface area (Å²) in [5.41, 5.74) is 0.776. The van der Waals surface area contributed by atoms with Gasteiger partial charge >= 0.3 is 0 Å². The Kier molecular flexibility index (Phi) is 6.41. The van der Waals surface area contributed by atoms with E-state index in [1.54, 1.807) is 48.2 Å². The molecule has 26 heavy (non-hydrogen) atoms. The van der Waals surface area contributed by atoms with E-state index in [4.69, 9.17) is 27.9 Å². The second-order valence-electron chi connectivity index (χ2n) is 6.44. The number of amides is 1. The molecule has 6 heteroatoms. The van der Waals surface area contributed by atoms with Crippen molar-refractivity contribution in [2.45, 2.75) is 31.9 Å². The summed E-state index contributed by atoms with van der Waals surface area (Å²) < 4.78 is 5.83. The second-order valence-corrected chi connectivity index (χ2v) is 7.31. The van der Waals surface area contributed by atoms with Crippen LogP contribution in [0.3, 0.4) is 0 Å². The molecule has 1 aliphatic heterocycles. The Bertz CT molecular complexity index is 763. The fourth-order valence-corrected chi connectivity index (χ4v) is 3.48. The number of benzene rings is 2. The number of nitrogens with zero attached hydrogens (tertiary/aromatic N) is 1. The fraction of sp³-hybridized carbons (Fsp3) is 0.350. The number of rotatable bonds is 6. The lowest BCUT2D eigenvalue weighted by Crippen LogP contribution is -2.46. The van der Waals surface area contributed by atoms with E-state index < -0.39 is 6.10 Å².